The van der Waals surface area contributed by atoms with Gasteiger partial charge in [-0.05, 0) is 19.8 Å². The van der Waals surface area contributed by atoms with Crippen LogP contribution in [-0.4, -0.2) is 73.8 Å². The molecule has 0 spiro atoms. The molecule has 1 saturated heterocycles. The van der Waals surface area contributed by atoms with E-state index in [9.17, 15) is 35.1 Å². The standard InChI is InChI=1S/C25H27NO9/c1-10(27)25(26)7-13-18(16(8-25)35-17-6-14(28)15(29)9-34-17)24(33)20-19(23(13)32)21(30)11-4-2-3-5-12(11)22(20)31/h2-5,10,14-17,27-29,32-33H,6-9,26H2,1H3/t10-,14-,15+,16-,17-,25-/m0/s1. The Labute approximate surface area is 200 Å². The van der Waals surface area contributed by atoms with Crippen LogP contribution in [0.5, 0.6) is 11.5 Å². The fourth-order valence-electron chi connectivity index (χ4n) is 5.21. The van der Waals surface area contributed by atoms with Gasteiger partial charge in [-0.2, -0.15) is 0 Å². The number of hydrogen-bond acceptors (Lipinski definition) is 10. The van der Waals surface area contributed by atoms with E-state index >= 15 is 0 Å². The van der Waals surface area contributed by atoms with Crippen molar-refractivity contribution in [2.45, 2.75) is 62.4 Å². The van der Waals surface area contributed by atoms with Crippen molar-refractivity contribution < 1.29 is 44.6 Å². The first-order chi connectivity index (χ1) is 16.5. The van der Waals surface area contributed by atoms with Gasteiger partial charge in [0, 0.05) is 34.2 Å². The molecule has 0 aromatic heterocycles. The molecule has 10 nitrogen and oxygen atoms in total. The molecule has 35 heavy (non-hydrogen) atoms. The molecule has 0 bridgehead atoms. The molecule has 0 unspecified atom stereocenters. The highest BCUT2D eigenvalue weighted by Crippen LogP contribution is 2.51. The normalized spacial score (nSPS) is 30.9. The van der Waals surface area contributed by atoms with E-state index in [1.54, 1.807) is 12.1 Å². The Kier molecular flexibility index (Phi) is 5.71. The number of benzene rings is 2. The Hall–Kier alpha value is -2.86. The Bertz CT molecular complexity index is 1230. The Morgan fingerprint density at radius 3 is 2.23 bits per heavy atom. The number of ether oxygens (including phenoxy) is 2. The van der Waals surface area contributed by atoms with Gasteiger partial charge in [0.15, 0.2) is 17.9 Å². The molecule has 5 rings (SSSR count). The van der Waals surface area contributed by atoms with Crippen molar-refractivity contribution in [2.75, 3.05) is 6.61 Å². The monoisotopic (exact) mass is 485 g/mol. The maximum absolute atomic E-state index is 13.3. The van der Waals surface area contributed by atoms with Crippen molar-refractivity contribution in [3.63, 3.8) is 0 Å². The lowest BCUT2D eigenvalue weighted by atomic mass is 9.70. The van der Waals surface area contributed by atoms with E-state index in [0.717, 1.165) is 0 Å². The maximum Gasteiger partial charge on any atom is 0.198 e. The van der Waals surface area contributed by atoms with Crippen LogP contribution < -0.4 is 5.73 Å². The first kappa shape index (κ1) is 23.9. The van der Waals surface area contributed by atoms with Crippen LogP contribution >= 0.6 is 0 Å². The molecule has 7 N–H and O–H groups in total. The van der Waals surface area contributed by atoms with E-state index in [-0.39, 0.29) is 59.3 Å². The summed E-state index contributed by atoms with van der Waals surface area (Å²) < 4.78 is 11.5. The van der Waals surface area contributed by atoms with Crippen molar-refractivity contribution in [3.05, 3.63) is 57.6 Å². The third kappa shape index (κ3) is 3.65. The molecule has 1 aliphatic heterocycles. The average Bonchev–Trinajstić information content (AvgIpc) is 2.82. The molecular formula is C25H27NO9. The highest BCUT2D eigenvalue weighted by molar-refractivity contribution is 6.30. The Morgan fingerprint density at radius 1 is 1.06 bits per heavy atom. The van der Waals surface area contributed by atoms with Gasteiger partial charge in [0.25, 0.3) is 0 Å². The van der Waals surface area contributed by atoms with Crippen LogP contribution in [0.15, 0.2) is 24.3 Å². The van der Waals surface area contributed by atoms with Gasteiger partial charge in [0.1, 0.15) is 17.6 Å². The summed E-state index contributed by atoms with van der Waals surface area (Å²) in [6.45, 7) is 1.31. The van der Waals surface area contributed by atoms with Gasteiger partial charge in [0.05, 0.1) is 36.0 Å². The smallest absolute Gasteiger partial charge is 0.198 e. The summed E-state index contributed by atoms with van der Waals surface area (Å²) in [6, 6.07) is 6.15. The molecular weight excluding hydrogens is 458 g/mol. The highest BCUT2D eigenvalue weighted by atomic mass is 16.7. The lowest BCUT2D eigenvalue weighted by Gasteiger charge is -2.43. The molecule has 0 saturated carbocycles. The third-order valence-corrected chi connectivity index (χ3v) is 7.33. The number of carbonyl (C=O) groups excluding carboxylic acids is 2. The predicted octanol–water partition coefficient (Wildman–Crippen LogP) is 0.424. The zero-order valence-electron chi connectivity index (χ0n) is 19.0. The summed E-state index contributed by atoms with van der Waals surface area (Å²) in [5, 5.41) is 52.8. The highest BCUT2D eigenvalue weighted by Gasteiger charge is 2.47. The van der Waals surface area contributed by atoms with E-state index in [4.69, 9.17) is 15.2 Å². The van der Waals surface area contributed by atoms with E-state index < -0.39 is 59.3 Å². The maximum atomic E-state index is 13.3. The second-order valence-corrected chi connectivity index (χ2v) is 9.59. The van der Waals surface area contributed by atoms with Crippen LogP contribution in [-0.2, 0) is 15.9 Å². The van der Waals surface area contributed by atoms with Crippen LogP contribution in [0.3, 0.4) is 0 Å². The third-order valence-electron chi connectivity index (χ3n) is 7.33. The number of hydrogen-bond donors (Lipinski definition) is 6. The van der Waals surface area contributed by atoms with Crippen molar-refractivity contribution in [2.24, 2.45) is 5.73 Å². The zero-order chi connectivity index (χ0) is 25.2. The largest absolute Gasteiger partial charge is 0.507 e. The summed E-state index contributed by atoms with van der Waals surface area (Å²) in [5.74, 6) is -2.22. The van der Waals surface area contributed by atoms with Crippen LogP contribution in [0.25, 0.3) is 0 Å². The second kappa shape index (κ2) is 8.37. The van der Waals surface area contributed by atoms with Crippen LogP contribution in [0.2, 0.25) is 0 Å². The van der Waals surface area contributed by atoms with Gasteiger partial charge in [-0.3, -0.25) is 9.59 Å². The number of rotatable bonds is 3. The van der Waals surface area contributed by atoms with Gasteiger partial charge < -0.3 is 40.7 Å². The minimum atomic E-state index is -1.30. The second-order valence-electron chi connectivity index (χ2n) is 9.59. The zero-order valence-corrected chi connectivity index (χ0v) is 19.0. The number of aromatic hydroxyl groups is 2. The molecule has 0 amide bonds. The lowest BCUT2D eigenvalue weighted by molar-refractivity contribution is -0.239. The molecule has 10 heteroatoms. The number of phenols is 2. The summed E-state index contributed by atoms with van der Waals surface area (Å²) >= 11 is 0. The Balaban J connectivity index is 1.66. The molecule has 1 fully saturated rings. The number of phenolic OH excluding ortho intramolecular Hbond substituents is 2. The fourth-order valence-corrected chi connectivity index (χ4v) is 5.21. The molecule has 2 aliphatic carbocycles. The topological polar surface area (TPSA) is 180 Å². The van der Waals surface area contributed by atoms with E-state index in [0.29, 0.717) is 0 Å². The lowest BCUT2D eigenvalue weighted by Crippen LogP contribution is -2.55. The number of carbonyl (C=O) groups is 2. The molecule has 6 atom stereocenters. The minimum Gasteiger partial charge on any atom is -0.507 e. The van der Waals surface area contributed by atoms with Crippen molar-refractivity contribution in [1.82, 2.24) is 0 Å². The summed E-state index contributed by atoms with van der Waals surface area (Å²) in [4.78, 5) is 26.6. The van der Waals surface area contributed by atoms with E-state index in [1.807, 2.05) is 0 Å². The minimum absolute atomic E-state index is 0.0132. The molecule has 3 aliphatic rings. The van der Waals surface area contributed by atoms with Gasteiger partial charge >= 0.3 is 0 Å². The number of aliphatic hydroxyl groups is 3. The predicted molar refractivity (Wildman–Crippen MR) is 120 cm³/mol. The molecule has 0 radical (unpaired) electrons. The summed E-state index contributed by atoms with van der Waals surface area (Å²) in [7, 11) is 0. The number of fused-ring (bicyclic) bond motifs is 3. The van der Waals surface area contributed by atoms with Crippen LogP contribution in [0.1, 0.15) is 68.8 Å². The molecule has 1 heterocycles. The first-order valence-corrected chi connectivity index (χ1v) is 11.4. The van der Waals surface area contributed by atoms with Crippen molar-refractivity contribution in [3.8, 4) is 11.5 Å². The molecule has 2 aromatic carbocycles. The van der Waals surface area contributed by atoms with Gasteiger partial charge in [0.2, 0.25) is 0 Å². The average molecular weight is 485 g/mol. The van der Waals surface area contributed by atoms with Gasteiger partial charge in [-0.15, -0.1) is 0 Å². The van der Waals surface area contributed by atoms with Crippen LogP contribution in [0.4, 0.5) is 0 Å². The van der Waals surface area contributed by atoms with Gasteiger partial charge in [-0.1, -0.05) is 24.3 Å². The van der Waals surface area contributed by atoms with Crippen LogP contribution in [0, 0.1) is 0 Å². The van der Waals surface area contributed by atoms with Gasteiger partial charge in [-0.25, -0.2) is 0 Å². The quantitative estimate of drug-likeness (QED) is 0.285. The molecule has 186 valence electrons. The number of nitrogens with two attached hydrogens (primary N) is 1. The van der Waals surface area contributed by atoms with Crippen molar-refractivity contribution in [1.29, 1.82) is 0 Å². The van der Waals surface area contributed by atoms with E-state index in [1.165, 1.54) is 19.1 Å². The first-order valence-electron chi connectivity index (χ1n) is 11.4. The summed E-state index contributed by atoms with van der Waals surface area (Å²) in [5.41, 5.74) is 4.95. The van der Waals surface area contributed by atoms with E-state index in [2.05, 4.69) is 0 Å². The van der Waals surface area contributed by atoms with Crippen molar-refractivity contribution >= 4 is 11.6 Å². The summed E-state index contributed by atoms with van der Waals surface area (Å²) in [6.07, 6.45) is -5.45. The SMILES string of the molecule is C[C@H](O)[C@]1(N)Cc2c(O)c3c(c(O)c2[C@@H](O[C@H]2C[C@H](O)[C@H](O)CO2)C1)C(=O)c1ccccc1C3=O. The fraction of sp³-hybridized carbons (Fsp3) is 0.440. The Morgan fingerprint density at radius 2 is 1.66 bits per heavy atom. The molecule has 2 aromatic rings. The number of aliphatic hydroxyl groups excluding tert-OH is 3. The number of ketones is 2.